The molecule has 0 aliphatic heterocycles. The molecular weight excluding hydrogens is 224 g/mol. The van der Waals surface area contributed by atoms with E-state index < -0.39 is 0 Å². The van der Waals surface area contributed by atoms with Crippen LogP contribution in [0, 0.1) is 0 Å². The number of nitrogens with one attached hydrogen (secondary N) is 3. The smallest absolute Gasteiger partial charge is 0.271 e. The Morgan fingerprint density at radius 3 is 3.06 bits per heavy atom. The van der Waals surface area contributed by atoms with E-state index in [4.69, 9.17) is 0 Å². The summed E-state index contributed by atoms with van der Waals surface area (Å²) >= 11 is 0. The number of anilines is 1. The predicted molar refractivity (Wildman–Crippen MR) is 56.9 cm³/mol. The molecule has 0 aliphatic carbocycles. The van der Waals surface area contributed by atoms with E-state index in [1.165, 1.54) is 12.4 Å². The largest absolute Gasteiger partial charge is 0.372 e. The Morgan fingerprint density at radius 1 is 1.47 bits per heavy atom. The summed E-state index contributed by atoms with van der Waals surface area (Å²) in [5.41, 5.74) is 0.223. The first-order valence-electron chi connectivity index (χ1n) is 4.80. The van der Waals surface area contributed by atoms with Gasteiger partial charge in [0.05, 0.1) is 18.9 Å². The third kappa shape index (κ3) is 2.71. The molecule has 2 aromatic heterocycles. The highest BCUT2D eigenvalue weighted by molar-refractivity contribution is 5.92. The summed E-state index contributed by atoms with van der Waals surface area (Å²) in [6.45, 7) is 0.181. The van der Waals surface area contributed by atoms with E-state index in [-0.39, 0.29) is 18.1 Å². The summed E-state index contributed by atoms with van der Waals surface area (Å²) in [6, 6.07) is 0. The summed E-state index contributed by atoms with van der Waals surface area (Å²) in [4.78, 5) is 19.6. The van der Waals surface area contributed by atoms with E-state index in [9.17, 15) is 4.79 Å². The van der Waals surface area contributed by atoms with Crippen molar-refractivity contribution in [1.82, 2.24) is 35.9 Å². The molecule has 1 amide bonds. The van der Waals surface area contributed by atoms with Crippen LogP contribution in [0.25, 0.3) is 0 Å². The zero-order valence-corrected chi connectivity index (χ0v) is 9.01. The lowest BCUT2D eigenvalue weighted by Crippen LogP contribution is -2.24. The lowest BCUT2D eigenvalue weighted by atomic mass is 10.4. The second kappa shape index (κ2) is 4.96. The van der Waals surface area contributed by atoms with E-state index >= 15 is 0 Å². The van der Waals surface area contributed by atoms with Gasteiger partial charge in [0, 0.05) is 7.05 Å². The lowest BCUT2D eigenvalue weighted by molar-refractivity contribution is 0.0944. The highest BCUT2D eigenvalue weighted by Gasteiger charge is 2.09. The standard InChI is InChI=1S/C8H10N8O/c1-9-6-3-10-2-5(12-6)8(17)11-4-7-13-15-16-14-7/h2-3H,4H2,1H3,(H,9,12)(H,11,17)(H,13,14,15,16). The summed E-state index contributed by atoms with van der Waals surface area (Å²) in [6.07, 6.45) is 2.91. The third-order valence-electron chi connectivity index (χ3n) is 1.92. The molecule has 0 fully saturated rings. The van der Waals surface area contributed by atoms with Gasteiger partial charge in [-0.05, 0) is 0 Å². The molecule has 88 valence electrons. The van der Waals surface area contributed by atoms with Crippen LogP contribution in [0.1, 0.15) is 16.3 Å². The van der Waals surface area contributed by atoms with Crippen LogP contribution in [-0.4, -0.2) is 43.5 Å². The summed E-state index contributed by atoms with van der Waals surface area (Å²) in [5.74, 6) is 0.577. The van der Waals surface area contributed by atoms with Crippen molar-refractivity contribution in [2.75, 3.05) is 12.4 Å². The molecule has 0 saturated carbocycles. The van der Waals surface area contributed by atoms with Crippen LogP contribution in [0.15, 0.2) is 12.4 Å². The maximum Gasteiger partial charge on any atom is 0.271 e. The number of H-pyrrole nitrogens is 1. The van der Waals surface area contributed by atoms with Crippen LogP contribution in [0.2, 0.25) is 0 Å². The Labute approximate surface area is 96.1 Å². The van der Waals surface area contributed by atoms with E-state index in [0.717, 1.165) is 0 Å². The van der Waals surface area contributed by atoms with E-state index in [2.05, 4.69) is 41.2 Å². The maximum atomic E-state index is 11.7. The number of hydrogen-bond acceptors (Lipinski definition) is 7. The van der Waals surface area contributed by atoms with Gasteiger partial charge in [0.2, 0.25) is 0 Å². The van der Waals surface area contributed by atoms with Crippen LogP contribution >= 0.6 is 0 Å². The summed E-state index contributed by atoms with van der Waals surface area (Å²) in [7, 11) is 1.70. The van der Waals surface area contributed by atoms with Gasteiger partial charge >= 0.3 is 0 Å². The van der Waals surface area contributed by atoms with Gasteiger partial charge in [0.1, 0.15) is 11.5 Å². The SMILES string of the molecule is CNc1cncc(C(=O)NCc2nn[nH]n2)n1. The van der Waals surface area contributed by atoms with E-state index in [1.54, 1.807) is 7.05 Å². The van der Waals surface area contributed by atoms with Gasteiger partial charge in [-0.15, -0.1) is 10.2 Å². The molecule has 0 saturated heterocycles. The second-order valence-electron chi connectivity index (χ2n) is 3.05. The molecule has 0 atom stereocenters. The highest BCUT2D eigenvalue weighted by Crippen LogP contribution is 2.00. The number of carbonyl (C=O) groups is 1. The Hall–Kier alpha value is -2.58. The van der Waals surface area contributed by atoms with Crippen LogP contribution in [0.3, 0.4) is 0 Å². The Balaban J connectivity index is 1.99. The van der Waals surface area contributed by atoms with Crippen molar-refractivity contribution in [2.45, 2.75) is 6.54 Å². The molecule has 0 aliphatic rings. The maximum absolute atomic E-state index is 11.7. The van der Waals surface area contributed by atoms with Gasteiger partial charge in [-0.1, -0.05) is 5.21 Å². The fourth-order valence-electron chi connectivity index (χ4n) is 1.10. The molecule has 0 aromatic carbocycles. The molecule has 2 rings (SSSR count). The topological polar surface area (TPSA) is 121 Å². The number of tetrazole rings is 1. The van der Waals surface area contributed by atoms with Crippen LogP contribution in [-0.2, 0) is 6.54 Å². The number of aromatic nitrogens is 6. The molecule has 9 heteroatoms. The quantitative estimate of drug-likeness (QED) is 0.617. The average Bonchev–Trinajstić information content (AvgIpc) is 2.89. The van der Waals surface area contributed by atoms with E-state index in [0.29, 0.717) is 11.6 Å². The molecule has 0 bridgehead atoms. The first-order chi connectivity index (χ1) is 8.29. The molecule has 2 aromatic rings. The van der Waals surface area contributed by atoms with Crippen molar-refractivity contribution in [3.05, 3.63) is 23.9 Å². The fraction of sp³-hybridized carbons (Fsp3) is 0.250. The molecule has 0 spiro atoms. The van der Waals surface area contributed by atoms with Gasteiger partial charge in [-0.25, -0.2) is 4.98 Å². The Morgan fingerprint density at radius 2 is 2.35 bits per heavy atom. The normalized spacial score (nSPS) is 9.94. The van der Waals surface area contributed by atoms with Crippen molar-refractivity contribution < 1.29 is 4.79 Å². The van der Waals surface area contributed by atoms with Crippen molar-refractivity contribution >= 4 is 11.7 Å². The van der Waals surface area contributed by atoms with Crippen molar-refractivity contribution in [3.8, 4) is 0 Å². The second-order valence-corrected chi connectivity index (χ2v) is 3.05. The number of rotatable bonds is 4. The number of aromatic amines is 1. The first-order valence-corrected chi connectivity index (χ1v) is 4.80. The minimum atomic E-state index is -0.348. The lowest BCUT2D eigenvalue weighted by Gasteiger charge is -2.03. The number of carbonyl (C=O) groups excluding carboxylic acids is 1. The predicted octanol–water partition coefficient (Wildman–Crippen LogP) is -1.04. The molecule has 3 N–H and O–H groups in total. The van der Waals surface area contributed by atoms with Crippen molar-refractivity contribution in [3.63, 3.8) is 0 Å². The molecule has 17 heavy (non-hydrogen) atoms. The minimum Gasteiger partial charge on any atom is -0.372 e. The number of amides is 1. The Kier molecular flexibility index (Phi) is 3.19. The van der Waals surface area contributed by atoms with Gasteiger partial charge < -0.3 is 10.6 Å². The molecule has 9 nitrogen and oxygen atoms in total. The Bertz CT molecular complexity index is 496. The van der Waals surface area contributed by atoms with Gasteiger partial charge in [-0.3, -0.25) is 9.78 Å². The highest BCUT2D eigenvalue weighted by atomic mass is 16.1. The molecule has 2 heterocycles. The van der Waals surface area contributed by atoms with Crippen LogP contribution in [0.5, 0.6) is 0 Å². The number of hydrogen-bond donors (Lipinski definition) is 3. The van der Waals surface area contributed by atoms with E-state index in [1.807, 2.05) is 0 Å². The average molecular weight is 234 g/mol. The third-order valence-corrected chi connectivity index (χ3v) is 1.92. The molecule has 0 unspecified atom stereocenters. The molecule has 0 radical (unpaired) electrons. The molecular formula is C8H10N8O. The van der Waals surface area contributed by atoms with Gasteiger partial charge in [-0.2, -0.15) is 5.21 Å². The van der Waals surface area contributed by atoms with Gasteiger partial charge in [0.15, 0.2) is 5.82 Å². The zero-order valence-electron chi connectivity index (χ0n) is 9.01. The van der Waals surface area contributed by atoms with Crippen LogP contribution in [0.4, 0.5) is 5.82 Å². The minimum absolute atomic E-state index is 0.181. The first kappa shape index (κ1) is 10.9. The van der Waals surface area contributed by atoms with Crippen molar-refractivity contribution in [2.24, 2.45) is 0 Å². The number of nitrogens with zero attached hydrogens (tertiary/aromatic N) is 5. The zero-order chi connectivity index (χ0) is 12.1. The summed E-state index contributed by atoms with van der Waals surface area (Å²) < 4.78 is 0. The summed E-state index contributed by atoms with van der Waals surface area (Å²) in [5, 5.41) is 18.5. The fourth-order valence-corrected chi connectivity index (χ4v) is 1.10. The van der Waals surface area contributed by atoms with Crippen LogP contribution < -0.4 is 10.6 Å². The van der Waals surface area contributed by atoms with Gasteiger partial charge in [0.25, 0.3) is 5.91 Å². The van der Waals surface area contributed by atoms with Crippen molar-refractivity contribution in [1.29, 1.82) is 0 Å². The monoisotopic (exact) mass is 234 g/mol.